The number of aliphatic hydroxyl groups is 1. The van der Waals surface area contributed by atoms with Crippen molar-refractivity contribution in [2.75, 3.05) is 27.4 Å². The molecule has 2 aromatic rings. The maximum Gasteiger partial charge on any atom is 0.337 e. The van der Waals surface area contributed by atoms with Crippen molar-refractivity contribution in [3.63, 3.8) is 0 Å². The van der Waals surface area contributed by atoms with E-state index in [1.165, 1.54) is 12.0 Å². The SMILES string of the molecule is COCCCN1C(=O)C(=O)/C(=C(/O)c2ccc3c(c2)CC(C)O3)C1c1ccc(C(=O)OC)cc1. The van der Waals surface area contributed by atoms with Gasteiger partial charge < -0.3 is 24.2 Å². The first kappa shape index (κ1) is 23.5. The van der Waals surface area contributed by atoms with Gasteiger partial charge in [-0.05, 0) is 54.8 Å². The highest BCUT2D eigenvalue weighted by atomic mass is 16.5. The molecule has 4 rings (SSSR count). The number of carbonyl (C=O) groups excluding carboxylic acids is 3. The molecule has 0 aliphatic carbocycles. The summed E-state index contributed by atoms with van der Waals surface area (Å²) in [5.74, 6) is -1.41. The van der Waals surface area contributed by atoms with E-state index in [-0.39, 0.29) is 24.0 Å². The van der Waals surface area contributed by atoms with Crippen LogP contribution in [0.4, 0.5) is 0 Å². The number of benzene rings is 2. The fourth-order valence-corrected chi connectivity index (χ4v) is 4.48. The highest BCUT2D eigenvalue weighted by molar-refractivity contribution is 6.46. The van der Waals surface area contributed by atoms with Crippen molar-refractivity contribution in [1.29, 1.82) is 0 Å². The van der Waals surface area contributed by atoms with Crippen molar-refractivity contribution < 1.29 is 33.7 Å². The molecule has 34 heavy (non-hydrogen) atoms. The molecular formula is C26H27NO7. The number of amides is 1. The van der Waals surface area contributed by atoms with Crippen LogP contribution in [0, 0.1) is 0 Å². The molecule has 2 aliphatic heterocycles. The molecule has 0 bridgehead atoms. The Bertz CT molecular complexity index is 1150. The number of Topliss-reactive ketones (excluding diaryl/α,β-unsaturated/α-hetero) is 1. The highest BCUT2D eigenvalue weighted by Gasteiger charge is 2.45. The van der Waals surface area contributed by atoms with E-state index in [0.717, 1.165) is 11.3 Å². The maximum absolute atomic E-state index is 13.1. The molecule has 1 saturated heterocycles. The minimum atomic E-state index is -0.799. The zero-order valence-electron chi connectivity index (χ0n) is 19.4. The molecule has 0 spiro atoms. The summed E-state index contributed by atoms with van der Waals surface area (Å²) in [5, 5.41) is 11.2. The Morgan fingerprint density at radius 1 is 1.12 bits per heavy atom. The number of fused-ring (bicyclic) bond motifs is 1. The Kier molecular flexibility index (Phi) is 6.70. The van der Waals surface area contributed by atoms with E-state index in [1.807, 2.05) is 6.92 Å². The van der Waals surface area contributed by atoms with Gasteiger partial charge in [0.1, 0.15) is 17.6 Å². The zero-order chi connectivity index (χ0) is 24.4. The third-order valence-electron chi connectivity index (χ3n) is 6.10. The van der Waals surface area contributed by atoms with Crippen molar-refractivity contribution in [3.8, 4) is 5.75 Å². The number of rotatable bonds is 7. The molecule has 2 aliphatic rings. The lowest BCUT2D eigenvalue weighted by Gasteiger charge is -2.25. The summed E-state index contributed by atoms with van der Waals surface area (Å²) in [6.45, 7) is 2.65. The van der Waals surface area contributed by atoms with Gasteiger partial charge in [-0.25, -0.2) is 4.79 Å². The van der Waals surface area contributed by atoms with Gasteiger partial charge in [-0.1, -0.05) is 12.1 Å². The Morgan fingerprint density at radius 2 is 1.82 bits per heavy atom. The molecule has 178 valence electrons. The maximum atomic E-state index is 13.1. The summed E-state index contributed by atoms with van der Waals surface area (Å²) in [4.78, 5) is 39.4. The number of ketones is 1. The van der Waals surface area contributed by atoms with E-state index < -0.39 is 23.7 Å². The highest BCUT2D eigenvalue weighted by Crippen LogP contribution is 2.40. The summed E-state index contributed by atoms with van der Waals surface area (Å²) in [6, 6.07) is 10.9. The Balaban J connectivity index is 1.78. The second kappa shape index (κ2) is 9.69. The number of carbonyl (C=O) groups is 3. The molecule has 0 saturated carbocycles. The fraction of sp³-hybridized carbons (Fsp3) is 0.346. The standard InChI is InChI=1S/C26H27NO7/c1-15-13-19-14-18(9-10-20(19)34-15)23(28)21-22(16-5-7-17(8-6-16)26(31)33-3)27(11-4-12-32-2)25(30)24(21)29/h5-10,14-15,22,28H,4,11-13H2,1-3H3/b23-21+. The predicted octanol–water partition coefficient (Wildman–Crippen LogP) is 3.25. The van der Waals surface area contributed by atoms with Gasteiger partial charge in [0.05, 0.1) is 24.3 Å². The van der Waals surface area contributed by atoms with Crippen molar-refractivity contribution in [1.82, 2.24) is 4.90 Å². The number of hydrogen-bond donors (Lipinski definition) is 1. The van der Waals surface area contributed by atoms with E-state index in [2.05, 4.69) is 0 Å². The van der Waals surface area contributed by atoms with Crippen LogP contribution < -0.4 is 4.74 Å². The van der Waals surface area contributed by atoms with E-state index in [9.17, 15) is 19.5 Å². The summed E-state index contributed by atoms with van der Waals surface area (Å²) in [7, 11) is 2.86. The summed E-state index contributed by atoms with van der Waals surface area (Å²) >= 11 is 0. The average Bonchev–Trinajstić information content (AvgIpc) is 3.34. The number of ether oxygens (including phenoxy) is 3. The Hall–Kier alpha value is -3.65. The molecule has 2 heterocycles. The van der Waals surface area contributed by atoms with Crippen LogP contribution in [0.1, 0.15) is 46.4 Å². The van der Waals surface area contributed by atoms with Gasteiger partial charge in [0.25, 0.3) is 11.7 Å². The van der Waals surface area contributed by atoms with Crippen molar-refractivity contribution in [2.45, 2.75) is 31.9 Å². The Morgan fingerprint density at radius 3 is 2.50 bits per heavy atom. The van der Waals surface area contributed by atoms with E-state index in [1.54, 1.807) is 49.6 Å². The van der Waals surface area contributed by atoms with Crippen molar-refractivity contribution in [3.05, 3.63) is 70.3 Å². The molecule has 1 amide bonds. The van der Waals surface area contributed by atoms with Crippen LogP contribution in [-0.4, -0.2) is 61.1 Å². The van der Waals surface area contributed by atoms with Crippen LogP contribution >= 0.6 is 0 Å². The van der Waals surface area contributed by atoms with Crippen LogP contribution in [0.15, 0.2) is 48.0 Å². The summed E-state index contributed by atoms with van der Waals surface area (Å²) in [6.07, 6.45) is 1.25. The quantitative estimate of drug-likeness (QED) is 0.220. The molecule has 1 fully saturated rings. The minimum absolute atomic E-state index is 0.0140. The predicted molar refractivity (Wildman–Crippen MR) is 124 cm³/mol. The molecule has 0 aromatic heterocycles. The monoisotopic (exact) mass is 465 g/mol. The number of hydrogen-bond acceptors (Lipinski definition) is 7. The van der Waals surface area contributed by atoms with Gasteiger partial charge in [-0.2, -0.15) is 0 Å². The second-order valence-corrected chi connectivity index (χ2v) is 8.41. The lowest BCUT2D eigenvalue weighted by molar-refractivity contribution is -0.140. The lowest BCUT2D eigenvalue weighted by Crippen LogP contribution is -2.31. The summed E-state index contributed by atoms with van der Waals surface area (Å²) in [5.41, 5.74) is 2.34. The van der Waals surface area contributed by atoms with Gasteiger partial charge in [0.15, 0.2) is 0 Å². The van der Waals surface area contributed by atoms with E-state index in [4.69, 9.17) is 14.2 Å². The lowest BCUT2D eigenvalue weighted by atomic mass is 9.94. The molecule has 0 radical (unpaired) electrons. The average molecular weight is 466 g/mol. The summed E-state index contributed by atoms with van der Waals surface area (Å²) < 4.78 is 15.6. The molecule has 8 heteroatoms. The molecule has 2 unspecified atom stereocenters. The van der Waals surface area contributed by atoms with Gasteiger partial charge >= 0.3 is 5.97 Å². The van der Waals surface area contributed by atoms with Gasteiger partial charge in [0.2, 0.25) is 0 Å². The largest absolute Gasteiger partial charge is 0.507 e. The fourth-order valence-electron chi connectivity index (χ4n) is 4.48. The minimum Gasteiger partial charge on any atom is -0.507 e. The smallest absolute Gasteiger partial charge is 0.337 e. The van der Waals surface area contributed by atoms with E-state index >= 15 is 0 Å². The van der Waals surface area contributed by atoms with Gasteiger partial charge in [-0.3, -0.25) is 9.59 Å². The van der Waals surface area contributed by atoms with Crippen LogP contribution in [0.25, 0.3) is 5.76 Å². The molecule has 1 N–H and O–H groups in total. The molecule has 2 atom stereocenters. The van der Waals surface area contributed by atoms with Crippen LogP contribution in [-0.2, 0) is 25.5 Å². The topological polar surface area (TPSA) is 102 Å². The first-order valence-electron chi connectivity index (χ1n) is 11.1. The zero-order valence-corrected chi connectivity index (χ0v) is 19.4. The molecular weight excluding hydrogens is 438 g/mol. The molecule has 8 nitrogen and oxygen atoms in total. The first-order valence-corrected chi connectivity index (χ1v) is 11.1. The van der Waals surface area contributed by atoms with Gasteiger partial charge in [-0.15, -0.1) is 0 Å². The second-order valence-electron chi connectivity index (χ2n) is 8.41. The normalized spacial score (nSPS) is 20.9. The number of esters is 1. The number of methoxy groups -OCH3 is 2. The van der Waals surface area contributed by atoms with E-state index in [0.29, 0.717) is 36.1 Å². The Labute approximate surface area is 197 Å². The van der Waals surface area contributed by atoms with Crippen molar-refractivity contribution in [2.24, 2.45) is 0 Å². The van der Waals surface area contributed by atoms with Crippen molar-refractivity contribution >= 4 is 23.4 Å². The van der Waals surface area contributed by atoms with Gasteiger partial charge in [0, 0.05) is 32.2 Å². The number of nitrogens with zero attached hydrogens (tertiary/aromatic N) is 1. The number of aliphatic hydroxyl groups excluding tert-OH is 1. The third kappa shape index (κ3) is 4.28. The van der Waals surface area contributed by atoms with Crippen LogP contribution in [0.5, 0.6) is 5.75 Å². The molecule has 2 aromatic carbocycles. The third-order valence-corrected chi connectivity index (χ3v) is 6.10. The number of likely N-dealkylation sites (tertiary alicyclic amines) is 1. The van der Waals surface area contributed by atoms with Crippen LogP contribution in [0.2, 0.25) is 0 Å². The first-order chi connectivity index (χ1) is 16.3. The van der Waals surface area contributed by atoms with Crippen LogP contribution in [0.3, 0.4) is 0 Å².